The van der Waals surface area contributed by atoms with Crippen molar-refractivity contribution in [2.75, 3.05) is 38.3 Å². The van der Waals surface area contributed by atoms with Crippen LogP contribution in [0.2, 0.25) is 0 Å². The Bertz CT molecular complexity index is 935. The number of benzene rings is 2. The highest BCUT2D eigenvalue weighted by Crippen LogP contribution is 2.29. The van der Waals surface area contributed by atoms with E-state index in [1.807, 2.05) is 24.3 Å². The summed E-state index contributed by atoms with van der Waals surface area (Å²) in [4.78, 5) is 24.5. The molecule has 2 amide bonds. The van der Waals surface area contributed by atoms with Crippen molar-refractivity contribution in [1.29, 1.82) is 0 Å². The minimum absolute atomic E-state index is 0.208. The van der Waals surface area contributed by atoms with Crippen LogP contribution < -0.4 is 15.5 Å². The molecular weight excluding hydrogens is 420 g/mol. The first-order valence-electron chi connectivity index (χ1n) is 10.3. The van der Waals surface area contributed by atoms with Crippen molar-refractivity contribution in [3.8, 4) is 11.1 Å². The number of ether oxygens (including phenoxy) is 2. The van der Waals surface area contributed by atoms with Crippen LogP contribution in [0.25, 0.3) is 11.1 Å². The number of cyclic esters (lactones) is 1. The minimum atomic E-state index is -0.576. The number of nitrogens with zero attached hydrogens (tertiary/aromatic N) is 1. The van der Waals surface area contributed by atoms with Crippen molar-refractivity contribution in [3.63, 3.8) is 0 Å². The molecule has 32 heavy (non-hydrogen) atoms. The van der Waals surface area contributed by atoms with Gasteiger partial charge in [0.05, 0.1) is 24.9 Å². The first-order valence-corrected chi connectivity index (χ1v) is 10.3. The number of amides is 2. The van der Waals surface area contributed by atoms with Crippen molar-refractivity contribution in [2.45, 2.75) is 25.7 Å². The van der Waals surface area contributed by atoms with Gasteiger partial charge in [-0.05, 0) is 29.3 Å². The molecule has 9 heteroatoms. The Morgan fingerprint density at radius 2 is 2.03 bits per heavy atom. The van der Waals surface area contributed by atoms with E-state index < -0.39 is 30.8 Å². The highest BCUT2D eigenvalue weighted by molar-refractivity contribution is 5.90. The van der Waals surface area contributed by atoms with E-state index in [1.54, 1.807) is 12.1 Å². The monoisotopic (exact) mass is 447 g/mol. The largest absolute Gasteiger partial charge is 0.442 e. The third-order valence-electron chi connectivity index (χ3n) is 5.19. The second-order valence-electron chi connectivity index (χ2n) is 7.56. The van der Waals surface area contributed by atoms with Crippen LogP contribution >= 0.6 is 0 Å². The molecule has 2 aromatic carbocycles. The van der Waals surface area contributed by atoms with E-state index in [-0.39, 0.29) is 19.0 Å². The van der Waals surface area contributed by atoms with Crippen LogP contribution in [0.5, 0.6) is 0 Å². The van der Waals surface area contributed by atoms with E-state index in [9.17, 15) is 18.4 Å². The highest BCUT2D eigenvalue weighted by atomic mass is 19.1. The number of alkyl halides is 1. The maximum Gasteiger partial charge on any atom is 0.414 e. The summed E-state index contributed by atoms with van der Waals surface area (Å²) in [5.41, 5.74) is 2.48. The van der Waals surface area contributed by atoms with Crippen molar-refractivity contribution in [2.24, 2.45) is 0 Å². The van der Waals surface area contributed by atoms with E-state index in [4.69, 9.17) is 9.47 Å². The first kappa shape index (κ1) is 23.6. The number of anilines is 1. The van der Waals surface area contributed by atoms with E-state index in [0.29, 0.717) is 29.9 Å². The fourth-order valence-electron chi connectivity index (χ4n) is 3.38. The summed E-state index contributed by atoms with van der Waals surface area (Å²) < 4.78 is 37.7. The number of methoxy groups -OCH3 is 1. The molecule has 172 valence electrons. The Kier molecular flexibility index (Phi) is 8.13. The summed E-state index contributed by atoms with van der Waals surface area (Å²) in [5, 5.41) is 5.73. The second kappa shape index (κ2) is 11.0. The van der Waals surface area contributed by atoms with E-state index >= 15 is 0 Å². The molecule has 1 fully saturated rings. The average molecular weight is 447 g/mol. The van der Waals surface area contributed by atoms with Gasteiger partial charge in [-0.2, -0.15) is 0 Å². The highest BCUT2D eigenvalue weighted by Gasteiger charge is 2.32. The summed E-state index contributed by atoms with van der Waals surface area (Å²) in [6.45, 7) is 2.21. The number of rotatable bonds is 10. The minimum Gasteiger partial charge on any atom is -0.442 e. The zero-order valence-corrected chi connectivity index (χ0v) is 18.1. The lowest BCUT2D eigenvalue weighted by molar-refractivity contribution is -0.119. The van der Waals surface area contributed by atoms with Crippen LogP contribution in [0.3, 0.4) is 0 Å². The maximum atomic E-state index is 14.8. The van der Waals surface area contributed by atoms with Crippen molar-refractivity contribution in [1.82, 2.24) is 10.6 Å². The summed E-state index contributed by atoms with van der Waals surface area (Å²) >= 11 is 0. The molecule has 0 saturated carbocycles. The summed E-state index contributed by atoms with van der Waals surface area (Å²) in [7, 11) is 1.47. The number of carbonyl (C=O) groups excluding carboxylic acids is 2. The van der Waals surface area contributed by atoms with Gasteiger partial charge in [-0.3, -0.25) is 9.69 Å². The molecule has 0 radical (unpaired) electrons. The molecule has 1 aliphatic heterocycles. The van der Waals surface area contributed by atoms with Gasteiger partial charge in [-0.15, -0.1) is 0 Å². The molecule has 7 nitrogen and oxygen atoms in total. The predicted molar refractivity (Wildman–Crippen MR) is 117 cm³/mol. The Labute approximate surface area is 185 Å². The Morgan fingerprint density at radius 3 is 2.66 bits per heavy atom. The molecular formula is C23H27F2N3O4. The molecule has 2 unspecified atom stereocenters. The van der Waals surface area contributed by atoms with Crippen LogP contribution in [0.1, 0.15) is 12.5 Å². The van der Waals surface area contributed by atoms with Crippen molar-refractivity contribution >= 4 is 17.7 Å². The smallest absolute Gasteiger partial charge is 0.414 e. The SMILES string of the molecule is COC(CF)CNCc1ccc(-c2ccc(N3CC(CNC(C)=O)OC3=O)cc2F)cc1. The van der Waals surface area contributed by atoms with E-state index in [0.717, 1.165) is 5.56 Å². The van der Waals surface area contributed by atoms with E-state index in [2.05, 4.69) is 10.6 Å². The van der Waals surface area contributed by atoms with Crippen LogP contribution in [0, 0.1) is 5.82 Å². The molecule has 1 aliphatic rings. The molecule has 2 N–H and O–H groups in total. The fourth-order valence-corrected chi connectivity index (χ4v) is 3.38. The van der Waals surface area contributed by atoms with Crippen LogP contribution in [-0.4, -0.2) is 57.6 Å². The van der Waals surface area contributed by atoms with Crippen LogP contribution in [-0.2, 0) is 20.8 Å². The third-order valence-corrected chi connectivity index (χ3v) is 5.19. The van der Waals surface area contributed by atoms with Gasteiger partial charge in [-0.25, -0.2) is 13.6 Å². The lowest BCUT2D eigenvalue weighted by Gasteiger charge is -2.15. The number of carbonyl (C=O) groups is 2. The fraction of sp³-hybridized carbons (Fsp3) is 0.391. The van der Waals surface area contributed by atoms with Gasteiger partial charge in [0.25, 0.3) is 0 Å². The quantitative estimate of drug-likeness (QED) is 0.585. The third kappa shape index (κ3) is 6.02. The molecule has 0 spiro atoms. The normalized spacial score (nSPS) is 16.7. The van der Waals surface area contributed by atoms with Gasteiger partial charge in [0.2, 0.25) is 5.91 Å². The predicted octanol–water partition coefficient (Wildman–Crippen LogP) is 3.03. The van der Waals surface area contributed by atoms with Crippen molar-refractivity contribution < 1.29 is 27.8 Å². The molecule has 0 aromatic heterocycles. The molecule has 0 aliphatic carbocycles. The molecule has 1 saturated heterocycles. The zero-order valence-electron chi connectivity index (χ0n) is 18.1. The number of halogens is 2. The number of hydrogen-bond acceptors (Lipinski definition) is 5. The van der Waals surface area contributed by atoms with Gasteiger partial charge in [0.15, 0.2) is 0 Å². The second-order valence-corrected chi connectivity index (χ2v) is 7.56. The molecule has 1 heterocycles. The molecule has 2 atom stereocenters. The van der Waals surface area contributed by atoms with Gasteiger partial charge in [-0.1, -0.05) is 24.3 Å². The number of hydrogen-bond donors (Lipinski definition) is 2. The van der Waals surface area contributed by atoms with Crippen LogP contribution in [0.4, 0.5) is 19.3 Å². The molecule has 0 bridgehead atoms. The average Bonchev–Trinajstić information content (AvgIpc) is 3.16. The van der Waals surface area contributed by atoms with Crippen molar-refractivity contribution in [3.05, 3.63) is 53.8 Å². The Hall–Kier alpha value is -3.04. The van der Waals surface area contributed by atoms with E-state index in [1.165, 1.54) is 25.0 Å². The lowest BCUT2D eigenvalue weighted by Crippen LogP contribution is -2.33. The maximum absolute atomic E-state index is 14.8. The Morgan fingerprint density at radius 1 is 1.28 bits per heavy atom. The van der Waals surface area contributed by atoms with Crippen LogP contribution in [0.15, 0.2) is 42.5 Å². The van der Waals surface area contributed by atoms with Gasteiger partial charge < -0.3 is 20.1 Å². The molecule has 2 aromatic rings. The summed E-state index contributed by atoms with van der Waals surface area (Å²) in [6.07, 6.45) is -1.54. The summed E-state index contributed by atoms with van der Waals surface area (Å²) in [5.74, 6) is -0.673. The van der Waals surface area contributed by atoms with Gasteiger partial charge >= 0.3 is 6.09 Å². The van der Waals surface area contributed by atoms with Gasteiger partial charge in [0.1, 0.15) is 18.6 Å². The Balaban J connectivity index is 1.62. The zero-order chi connectivity index (χ0) is 23.1. The number of nitrogens with one attached hydrogen (secondary N) is 2. The summed E-state index contributed by atoms with van der Waals surface area (Å²) in [6, 6.07) is 12.0. The first-order chi connectivity index (χ1) is 15.4. The lowest BCUT2D eigenvalue weighted by atomic mass is 10.0. The topological polar surface area (TPSA) is 79.9 Å². The van der Waals surface area contributed by atoms with Gasteiger partial charge in [0, 0.05) is 32.7 Å². The standard InChI is InChI=1S/C23H27F2N3O4/c1-15(29)27-13-20-14-28(23(30)32-20)18-7-8-21(22(25)9-18)17-5-3-16(4-6-17)11-26-12-19(10-24)31-2/h3-9,19-20,26H,10-14H2,1-2H3,(H,27,29). The molecule has 3 rings (SSSR count).